The Morgan fingerprint density at radius 3 is 2.87 bits per heavy atom. The minimum Gasteiger partial charge on any atom is -0.461 e. The first-order valence-electron chi connectivity index (χ1n) is 6.96. The summed E-state index contributed by atoms with van der Waals surface area (Å²) >= 11 is 0. The molecule has 7 heteroatoms. The lowest BCUT2D eigenvalue weighted by Crippen LogP contribution is -2.10. The average molecular weight is 308 g/mol. The van der Waals surface area contributed by atoms with Crippen molar-refractivity contribution in [2.45, 2.75) is 6.54 Å². The zero-order valence-corrected chi connectivity index (χ0v) is 12.0. The number of hydrogen-bond acceptors (Lipinski definition) is 5. The van der Waals surface area contributed by atoms with Crippen LogP contribution in [0.4, 0.5) is 0 Å². The third kappa shape index (κ3) is 2.28. The molecule has 0 radical (unpaired) electrons. The number of fused-ring (bicyclic) bond motifs is 1. The van der Waals surface area contributed by atoms with Crippen molar-refractivity contribution in [1.29, 1.82) is 0 Å². The summed E-state index contributed by atoms with van der Waals surface area (Å²) in [5.74, 6) is 0.863. The number of nitrogens with zero attached hydrogens (tertiary/aromatic N) is 3. The number of carbonyl (C=O) groups excluding carboxylic acids is 1. The van der Waals surface area contributed by atoms with Gasteiger partial charge < -0.3 is 19.2 Å². The highest BCUT2D eigenvalue weighted by atomic mass is 16.5. The van der Waals surface area contributed by atoms with E-state index in [9.17, 15) is 4.79 Å². The molecule has 0 aliphatic carbocycles. The fourth-order valence-corrected chi connectivity index (χ4v) is 2.54. The third-order valence-electron chi connectivity index (χ3n) is 3.57. The Morgan fingerprint density at radius 2 is 2.09 bits per heavy atom. The lowest BCUT2D eigenvalue weighted by atomic mass is 10.2. The Morgan fingerprint density at radius 1 is 1.22 bits per heavy atom. The first-order valence-corrected chi connectivity index (χ1v) is 6.96. The first kappa shape index (κ1) is 13.3. The lowest BCUT2D eigenvalue weighted by Gasteiger charge is -2.00. The minimum atomic E-state index is -0.471. The molecule has 0 saturated carbocycles. The van der Waals surface area contributed by atoms with Crippen LogP contribution < -0.4 is 5.73 Å². The molecule has 4 aromatic rings. The highest BCUT2D eigenvalue weighted by Crippen LogP contribution is 2.22. The van der Waals surface area contributed by atoms with E-state index in [1.165, 1.54) is 0 Å². The highest BCUT2D eigenvalue weighted by Gasteiger charge is 2.15. The molecule has 114 valence electrons. The third-order valence-corrected chi connectivity index (χ3v) is 3.57. The van der Waals surface area contributed by atoms with E-state index in [2.05, 4.69) is 10.1 Å². The Kier molecular flexibility index (Phi) is 2.97. The molecule has 0 bridgehead atoms. The van der Waals surface area contributed by atoms with Crippen LogP contribution in [0.3, 0.4) is 0 Å². The van der Waals surface area contributed by atoms with E-state index in [1.54, 1.807) is 24.6 Å². The molecule has 0 atom stereocenters. The van der Waals surface area contributed by atoms with Gasteiger partial charge >= 0.3 is 0 Å². The smallest absolute Gasteiger partial charge is 0.250 e. The lowest BCUT2D eigenvalue weighted by molar-refractivity contribution is 0.100. The first-order chi connectivity index (χ1) is 11.2. The Labute approximate surface area is 130 Å². The number of para-hydroxylation sites is 1. The summed E-state index contributed by atoms with van der Waals surface area (Å²) in [7, 11) is 0. The molecule has 0 unspecified atom stereocenters. The molecule has 0 fully saturated rings. The summed E-state index contributed by atoms with van der Waals surface area (Å²) in [6.07, 6.45) is 3.24. The van der Waals surface area contributed by atoms with E-state index in [1.807, 2.05) is 28.8 Å². The van der Waals surface area contributed by atoms with Gasteiger partial charge in [-0.1, -0.05) is 23.4 Å². The summed E-state index contributed by atoms with van der Waals surface area (Å²) in [5, 5.41) is 4.69. The van der Waals surface area contributed by atoms with Crippen LogP contribution in [0, 0.1) is 0 Å². The monoisotopic (exact) mass is 308 g/mol. The van der Waals surface area contributed by atoms with Crippen LogP contribution in [0.5, 0.6) is 0 Å². The van der Waals surface area contributed by atoms with Crippen molar-refractivity contribution < 1.29 is 13.7 Å². The highest BCUT2D eigenvalue weighted by molar-refractivity contribution is 6.06. The molecule has 3 heterocycles. The van der Waals surface area contributed by atoms with Crippen molar-refractivity contribution in [2.24, 2.45) is 5.73 Å². The second kappa shape index (κ2) is 5.13. The van der Waals surface area contributed by atoms with Crippen molar-refractivity contribution in [3.8, 4) is 11.6 Å². The van der Waals surface area contributed by atoms with Gasteiger partial charge in [0.15, 0.2) is 5.76 Å². The SMILES string of the molecule is NC(=O)c1cn(Cc2nc(-c3ccco3)no2)c2ccccc12. The predicted molar refractivity (Wildman–Crippen MR) is 81.6 cm³/mol. The molecule has 1 amide bonds. The van der Waals surface area contributed by atoms with Crippen molar-refractivity contribution in [3.05, 3.63) is 60.3 Å². The number of carbonyl (C=O) groups is 1. The van der Waals surface area contributed by atoms with E-state index in [0.717, 1.165) is 10.9 Å². The topological polar surface area (TPSA) is 100 Å². The van der Waals surface area contributed by atoms with Gasteiger partial charge in [-0.3, -0.25) is 4.79 Å². The van der Waals surface area contributed by atoms with E-state index >= 15 is 0 Å². The Hall–Kier alpha value is -3.35. The number of hydrogen-bond donors (Lipinski definition) is 1. The van der Waals surface area contributed by atoms with E-state index in [-0.39, 0.29) is 0 Å². The molecule has 0 aliphatic heterocycles. The molecule has 4 rings (SSSR count). The second-order valence-corrected chi connectivity index (χ2v) is 5.04. The molecular weight excluding hydrogens is 296 g/mol. The molecule has 2 N–H and O–H groups in total. The maximum Gasteiger partial charge on any atom is 0.250 e. The molecule has 3 aromatic heterocycles. The van der Waals surface area contributed by atoms with Crippen LogP contribution in [0.25, 0.3) is 22.5 Å². The Balaban J connectivity index is 1.72. The van der Waals surface area contributed by atoms with Crippen LogP contribution in [0.1, 0.15) is 16.2 Å². The van der Waals surface area contributed by atoms with E-state index in [4.69, 9.17) is 14.7 Å². The van der Waals surface area contributed by atoms with Gasteiger partial charge in [-0.05, 0) is 18.2 Å². The number of primary amides is 1. The molecule has 1 aromatic carbocycles. The number of rotatable bonds is 4. The number of furan rings is 1. The van der Waals surface area contributed by atoms with Gasteiger partial charge in [0.25, 0.3) is 5.91 Å². The minimum absolute atomic E-state index is 0.335. The standard InChI is InChI=1S/C16H12N4O3/c17-15(21)11-8-20(12-5-2-1-4-10(11)12)9-14-18-16(19-23-14)13-6-3-7-22-13/h1-8H,9H2,(H2,17,21). The van der Waals surface area contributed by atoms with Gasteiger partial charge in [-0.25, -0.2) is 0 Å². The Bertz CT molecular complexity index is 982. The van der Waals surface area contributed by atoms with Crippen LogP contribution >= 0.6 is 0 Å². The number of aromatic nitrogens is 3. The number of nitrogens with two attached hydrogens (primary N) is 1. The molecule has 0 saturated heterocycles. The van der Waals surface area contributed by atoms with Gasteiger partial charge in [-0.2, -0.15) is 4.98 Å². The molecule has 0 spiro atoms. The summed E-state index contributed by atoms with van der Waals surface area (Å²) < 4.78 is 12.3. The summed E-state index contributed by atoms with van der Waals surface area (Å²) in [6.45, 7) is 0.335. The maximum absolute atomic E-state index is 11.6. The fourth-order valence-electron chi connectivity index (χ4n) is 2.54. The van der Waals surface area contributed by atoms with Gasteiger partial charge in [0.1, 0.15) is 6.54 Å². The largest absolute Gasteiger partial charge is 0.461 e. The maximum atomic E-state index is 11.6. The summed E-state index contributed by atoms with van der Waals surface area (Å²) in [6, 6.07) is 11.0. The van der Waals surface area contributed by atoms with E-state index < -0.39 is 5.91 Å². The number of amides is 1. The predicted octanol–water partition coefficient (Wildman–Crippen LogP) is 2.43. The normalized spacial score (nSPS) is 11.1. The molecular formula is C16H12N4O3. The summed E-state index contributed by atoms with van der Waals surface area (Å²) in [4.78, 5) is 15.9. The van der Waals surface area contributed by atoms with E-state index in [0.29, 0.717) is 29.6 Å². The number of benzene rings is 1. The quantitative estimate of drug-likeness (QED) is 0.624. The fraction of sp³-hybridized carbons (Fsp3) is 0.0625. The molecule has 0 aliphatic rings. The van der Waals surface area contributed by atoms with Gasteiger partial charge in [0.05, 0.1) is 11.8 Å². The second-order valence-electron chi connectivity index (χ2n) is 5.04. The molecule has 7 nitrogen and oxygen atoms in total. The van der Waals surface area contributed by atoms with Crippen LogP contribution in [-0.2, 0) is 6.54 Å². The van der Waals surface area contributed by atoms with Gasteiger partial charge in [0, 0.05) is 17.1 Å². The van der Waals surface area contributed by atoms with Crippen molar-refractivity contribution in [3.63, 3.8) is 0 Å². The molecule has 23 heavy (non-hydrogen) atoms. The summed E-state index contributed by atoms with van der Waals surface area (Å²) in [5.41, 5.74) is 6.78. The van der Waals surface area contributed by atoms with Crippen LogP contribution in [-0.4, -0.2) is 20.6 Å². The zero-order valence-electron chi connectivity index (χ0n) is 12.0. The van der Waals surface area contributed by atoms with Crippen LogP contribution in [0.2, 0.25) is 0 Å². The van der Waals surface area contributed by atoms with Crippen molar-refractivity contribution in [1.82, 2.24) is 14.7 Å². The van der Waals surface area contributed by atoms with Gasteiger partial charge in [-0.15, -0.1) is 0 Å². The average Bonchev–Trinajstić information content (AvgIpc) is 3.26. The van der Waals surface area contributed by atoms with Crippen LogP contribution in [0.15, 0.2) is 57.8 Å². The zero-order chi connectivity index (χ0) is 15.8. The van der Waals surface area contributed by atoms with Gasteiger partial charge in [0.2, 0.25) is 11.7 Å². The van der Waals surface area contributed by atoms with Crippen molar-refractivity contribution >= 4 is 16.8 Å². The van der Waals surface area contributed by atoms with Crippen molar-refractivity contribution in [2.75, 3.05) is 0 Å².